The highest BCUT2D eigenvalue weighted by Gasteiger charge is 2.42. The van der Waals surface area contributed by atoms with Crippen LogP contribution in [0.3, 0.4) is 0 Å². The summed E-state index contributed by atoms with van der Waals surface area (Å²) < 4.78 is 16.5. The number of piperazine rings is 1. The van der Waals surface area contributed by atoms with E-state index in [1.54, 1.807) is 10.6 Å². The second kappa shape index (κ2) is 5.56. The van der Waals surface area contributed by atoms with E-state index in [0.29, 0.717) is 23.8 Å². The van der Waals surface area contributed by atoms with Crippen molar-refractivity contribution in [3.63, 3.8) is 0 Å². The van der Waals surface area contributed by atoms with E-state index >= 15 is 0 Å². The zero-order valence-corrected chi connectivity index (χ0v) is 14.2. The lowest BCUT2D eigenvalue weighted by Crippen LogP contribution is -2.44. The van der Waals surface area contributed by atoms with Gasteiger partial charge in [-0.05, 0) is 32.5 Å². The van der Waals surface area contributed by atoms with Gasteiger partial charge in [0.25, 0.3) is 0 Å². The van der Waals surface area contributed by atoms with Crippen LogP contribution in [0.15, 0.2) is 23.1 Å². The van der Waals surface area contributed by atoms with Crippen molar-refractivity contribution in [2.75, 3.05) is 25.0 Å². The maximum atomic E-state index is 14.8. The molecule has 1 aromatic heterocycles. The zero-order valence-electron chi connectivity index (χ0n) is 14.2. The number of anilines is 1. The summed E-state index contributed by atoms with van der Waals surface area (Å²) in [5.74, 6) is -1.76. The number of pyridine rings is 1. The second-order valence-corrected chi connectivity index (χ2v) is 6.92. The molecular weight excluding hydrogens is 325 g/mol. The van der Waals surface area contributed by atoms with Crippen LogP contribution in [-0.2, 0) is 6.54 Å². The van der Waals surface area contributed by atoms with Crippen LogP contribution in [0.5, 0.6) is 0 Å². The highest BCUT2D eigenvalue weighted by atomic mass is 19.1. The molecule has 0 aliphatic carbocycles. The van der Waals surface area contributed by atoms with Crippen molar-refractivity contribution in [3.8, 4) is 0 Å². The molecule has 6 nitrogen and oxygen atoms in total. The molecule has 25 heavy (non-hydrogen) atoms. The average molecular weight is 345 g/mol. The summed E-state index contributed by atoms with van der Waals surface area (Å²) >= 11 is 0. The summed E-state index contributed by atoms with van der Waals surface area (Å²) in [6, 6.07) is 3.60. The molecule has 0 saturated carbocycles. The molecule has 0 spiro atoms. The van der Waals surface area contributed by atoms with E-state index in [2.05, 4.69) is 16.8 Å². The number of aromatic nitrogens is 1. The summed E-state index contributed by atoms with van der Waals surface area (Å²) in [5.41, 5.74) is 0.103. The van der Waals surface area contributed by atoms with Crippen LogP contribution in [-0.4, -0.2) is 52.8 Å². The van der Waals surface area contributed by atoms with E-state index in [1.165, 1.54) is 12.3 Å². The van der Waals surface area contributed by atoms with Crippen molar-refractivity contribution in [3.05, 3.63) is 39.9 Å². The molecule has 7 heteroatoms. The highest BCUT2D eigenvalue weighted by molar-refractivity contribution is 5.93. The van der Waals surface area contributed by atoms with Gasteiger partial charge in [-0.25, -0.2) is 9.18 Å². The number of likely N-dealkylation sites (tertiary alicyclic amines) is 1. The summed E-state index contributed by atoms with van der Waals surface area (Å²) in [4.78, 5) is 28.1. The number of nitrogens with zero attached hydrogens (tertiary/aromatic N) is 3. The van der Waals surface area contributed by atoms with Gasteiger partial charge in [0.05, 0.1) is 11.2 Å². The van der Waals surface area contributed by atoms with Crippen LogP contribution in [0.1, 0.15) is 23.7 Å². The minimum absolute atomic E-state index is 0.115. The normalized spacial score (nSPS) is 22.9. The van der Waals surface area contributed by atoms with E-state index in [9.17, 15) is 19.1 Å². The number of carboxylic acids is 1. The molecule has 2 bridgehead atoms. The summed E-state index contributed by atoms with van der Waals surface area (Å²) in [6.07, 6.45) is 2.37. The number of aromatic carboxylic acids is 1. The van der Waals surface area contributed by atoms with E-state index in [0.717, 1.165) is 19.5 Å². The van der Waals surface area contributed by atoms with Gasteiger partial charge < -0.3 is 14.6 Å². The van der Waals surface area contributed by atoms with E-state index in [1.807, 2.05) is 6.92 Å². The first kappa shape index (κ1) is 16.1. The fraction of sp³-hybridized carbons (Fsp3) is 0.444. The molecule has 0 radical (unpaired) electrons. The van der Waals surface area contributed by atoms with Gasteiger partial charge >= 0.3 is 5.97 Å². The average Bonchev–Trinajstić information content (AvgIpc) is 3.14. The second-order valence-electron chi connectivity index (χ2n) is 6.92. The van der Waals surface area contributed by atoms with Gasteiger partial charge in [-0.2, -0.15) is 0 Å². The Bertz CT molecular complexity index is 937. The standard InChI is InChI=1S/C18H20FN3O3/c1-3-21-9-13(18(24)25)17(23)12-5-14(19)16(6-15(12)21)22-8-10-4-11(22)7-20(10)2/h5-6,9-11H,3-4,7-8H2,1-2H3,(H,24,25). The maximum Gasteiger partial charge on any atom is 0.341 e. The molecule has 2 aliphatic rings. The molecule has 3 heterocycles. The molecule has 2 aliphatic heterocycles. The Balaban J connectivity index is 1.89. The van der Waals surface area contributed by atoms with Crippen molar-refractivity contribution in [1.82, 2.24) is 9.47 Å². The third-order valence-electron chi connectivity index (χ3n) is 5.54. The molecule has 0 amide bonds. The molecule has 2 aromatic rings. The Hall–Kier alpha value is -2.41. The predicted molar refractivity (Wildman–Crippen MR) is 93.0 cm³/mol. The van der Waals surface area contributed by atoms with Crippen LogP contribution in [0.25, 0.3) is 10.9 Å². The largest absolute Gasteiger partial charge is 0.477 e. The number of hydrogen-bond donors (Lipinski definition) is 1. The number of carbonyl (C=O) groups is 1. The monoisotopic (exact) mass is 345 g/mol. The Labute approximate surface area is 144 Å². The fourth-order valence-corrected chi connectivity index (χ4v) is 4.19. The Morgan fingerprint density at radius 2 is 2.08 bits per heavy atom. The van der Waals surface area contributed by atoms with Crippen LogP contribution >= 0.6 is 0 Å². The highest BCUT2D eigenvalue weighted by Crippen LogP contribution is 2.36. The van der Waals surface area contributed by atoms with Gasteiger partial charge in [0.15, 0.2) is 0 Å². The fourth-order valence-electron chi connectivity index (χ4n) is 4.19. The molecule has 2 unspecified atom stereocenters. The van der Waals surface area contributed by atoms with Crippen molar-refractivity contribution in [1.29, 1.82) is 0 Å². The Morgan fingerprint density at radius 3 is 2.64 bits per heavy atom. The van der Waals surface area contributed by atoms with Crippen molar-refractivity contribution in [2.24, 2.45) is 0 Å². The molecular formula is C18H20FN3O3. The molecule has 1 aromatic carbocycles. The number of halogens is 1. The summed E-state index contributed by atoms with van der Waals surface area (Å²) in [7, 11) is 2.08. The van der Waals surface area contributed by atoms with Crippen molar-refractivity contribution in [2.45, 2.75) is 32.0 Å². The number of hydrogen-bond acceptors (Lipinski definition) is 4. The molecule has 2 fully saturated rings. The van der Waals surface area contributed by atoms with Gasteiger partial charge in [0.2, 0.25) is 5.43 Å². The zero-order chi connectivity index (χ0) is 17.9. The van der Waals surface area contributed by atoms with Crippen LogP contribution in [0, 0.1) is 5.82 Å². The minimum atomic E-state index is -1.29. The predicted octanol–water partition coefficient (Wildman–Crippen LogP) is 1.75. The topological polar surface area (TPSA) is 65.8 Å². The lowest BCUT2D eigenvalue weighted by molar-refractivity contribution is 0.0695. The molecule has 132 valence electrons. The first-order valence-electron chi connectivity index (χ1n) is 8.47. The third-order valence-corrected chi connectivity index (χ3v) is 5.54. The van der Waals surface area contributed by atoms with Crippen LogP contribution in [0.2, 0.25) is 0 Å². The number of rotatable bonds is 3. The molecule has 2 atom stereocenters. The third kappa shape index (κ3) is 2.33. The maximum absolute atomic E-state index is 14.8. The number of carboxylic acid groups (broad SMARTS) is 1. The minimum Gasteiger partial charge on any atom is -0.477 e. The van der Waals surface area contributed by atoms with Gasteiger partial charge in [0, 0.05) is 43.3 Å². The van der Waals surface area contributed by atoms with Gasteiger partial charge in [-0.1, -0.05) is 0 Å². The van der Waals surface area contributed by atoms with Gasteiger partial charge in [-0.15, -0.1) is 0 Å². The van der Waals surface area contributed by atoms with E-state index < -0.39 is 17.2 Å². The van der Waals surface area contributed by atoms with Crippen molar-refractivity contribution < 1.29 is 14.3 Å². The van der Waals surface area contributed by atoms with Crippen LogP contribution < -0.4 is 10.3 Å². The van der Waals surface area contributed by atoms with E-state index in [4.69, 9.17) is 0 Å². The first-order chi connectivity index (χ1) is 11.9. The number of likely N-dealkylation sites (N-methyl/N-ethyl adjacent to an activating group) is 1. The van der Waals surface area contributed by atoms with E-state index in [-0.39, 0.29) is 17.0 Å². The SMILES string of the molecule is CCn1cc(C(=O)O)c(=O)c2cc(F)c(N3CC4CC3CN4C)cc21. The number of fused-ring (bicyclic) bond motifs is 3. The Kier molecular flexibility index (Phi) is 3.57. The molecule has 4 rings (SSSR count). The summed E-state index contributed by atoms with van der Waals surface area (Å²) in [5, 5.41) is 9.33. The lowest BCUT2D eigenvalue weighted by atomic mass is 10.1. The molecule has 2 saturated heterocycles. The number of aryl methyl sites for hydroxylation is 1. The lowest BCUT2D eigenvalue weighted by Gasteiger charge is -2.34. The smallest absolute Gasteiger partial charge is 0.341 e. The quantitative estimate of drug-likeness (QED) is 0.918. The Morgan fingerprint density at radius 1 is 1.32 bits per heavy atom. The van der Waals surface area contributed by atoms with Gasteiger partial charge in [-0.3, -0.25) is 9.69 Å². The van der Waals surface area contributed by atoms with Crippen LogP contribution in [0.4, 0.5) is 10.1 Å². The first-order valence-corrected chi connectivity index (χ1v) is 8.47. The van der Waals surface area contributed by atoms with Gasteiger partial charge in [0.1, 0.15) is 11.4 Å². The van der Waals surface area contributed by atoms with Crippen molar-refractivity contribution >= 4 is 22.6 Å². The number of benzene rings is 1. The summed E-state index contributed by atoms with van der Waals surface area (Å²) in [6.45, 7) is 4.04. The molecule has 1 N–H and O–H groups in total.